The third kappa shape index (κ3) is 2.55. The van der Waals surface area contributed by atoms with E-state index in [9.17, 15) is 10.0 Å². The molecule has 0 spiro atoms. The Balaban J connectivity index is 2.25. The van der Waals surface area contributed by atoms with Gasteiger partial charge in [-0.15, -0.1) is 0 Å². The number of nitrogen functional groups attached to an aromatic ring is 1. The van der Waals surface area contributed by atoms with Crippen LogP contribution in [0.1, 0.15) is 11.1 Å². The third-order valence-corrected chi connectivity index (χ3v) is 3.47. The molecule has 106 valence electrons. The van der Waals surface area contributed by atoms with E-state index in [0.29, 0.717) is 38.0 Å². The molecule has 1 amide bonds. The number of anilines is 2. The van der Waals surface area contributed by atoms with Crippen LogP contribution in [0.4, 0.5) is 11.4 Å². The Morgan fingerprint density at radius 2 is 1.90 bits per heavy atom. The summed E-state index contributed by atoms with van der Waals surface area (Å²) in [4.78, 5) is 11.8. The molecule has 0 atom stereocenters. The maximum absolute atomic E-state index is 12.3. The fraction of sp³-hybridized carbons (Fsp3) is 0.0667. The zero-order valence-electron chi connectivity index (χ0n) is 11.0. The number of benzodiazepines with no additional fused rings is 1. The van der Waals surface area contributed by atoms with E-state index in [4.69, 9.17) is 17.3 Å². The van der Waals surface area contributed by atoms with E-state index in [0.717, 1.165) is 0 Å². The molecule has 2 aromatic carbocycles. The second-order valence-electron chi connectivity index (χ2n) is 4.75. The van der Waals surface area contributed by atoms with Gasteiger partial charge in [0.25, 0.3) is 5.91 Å². The molecular weight excluding hydrogens is 290 g/mol. The topological polar surface area (TPSA) is 81.2 Å². The fourth-order valence-corrected chi connectivity index (χ4v) is 2.47. The highest BCUT2D eigenvalue weighted by atomic mass is 35.5. The largest absolute Gasteiger partial charge is 0.623 e. The quantitative estimate of drug-likeness (QED) is 0.481. The number of benzene rings is 2. The molecule has 0 aliphatic carbocycles. The van der Waals surface area contributed by atoms with Crippen LogP contribution in [0.25, 0.3) is 0 Å². The van der Waals surface area contributed by atoms with Gasteiger partial charge in [0.15, 0.2) is 0 Å². The second kappa shape index (κ2) is 5.10. The lowest BCUT2D eigenvalue weighted by Crippen LogP contribution is -2.23. The molecule has 0 unspecified atom stereocenters. The van der Waals surface area contributed by atoms with Crippen molar-refractivity contribution in [1.29, 1.82) is 0 Å². The van der Waals surface area contributed by atoms with Gasteiger partial charge in [-0.25, -0.2) is 0 Å². The minimum atomic E-state index is -0.362. The van der Waals surface area contributed by atoms with Crippen LogP contribution in [0.3, 0.4) is 0 Å². The smallest absolute Gasteiger partial charge is 0.291 e. The number of hydroxylamine groups is 1. The Bertz CT molecular complexity index is 754. The Hall–Kier alpha value is -2.53. The normalized spacial score (nSPS) is 14.4. The van der Waals surface area contributed by atoms with Gasteiger partial charge in [0.2, 0.25) is 12.3 Å². The van der Waals surface area contributed by atoms with Crippen molar-refractivity contribution in [3.8, 4) is 0 Å². The van der Waals surface area contributed by atoms with Crippen LogP contribution in [0.5, 0.6) is 0 Å². The number of nitrogens with one attached hydrogen (secondary N) is 1. The molecule has 6 heteroatoms. The van der Waals surface area contributed by atoms with E-state index >= 15 is 0 Å². The van der Waals surface area contributed by atoms with Crippen LogP contribution < -0.4 is 11.1 Å². The van der Waals surface area contributed by atoms with E-state index in [-0.39, 0.29) is 12.5 Å². The molecular formula is C15H12ClN3O2. The molecule has 3 rings (SSSR count). The maximum Gasteiger partial charge on any atom is 0.291 e. The van der Waals surface area contributed by atoms with E-state index in [1.165, 1.54) is 0 Å². The van der Waals surface area contributed by atoms with Crippen molar-refractivity contribution in [2.24, 2.45) is 0 Å². The maximum atomic E-state index is 12.3. The average Bonchev–Trinajstić information content (AvgIpc) is 2.55. The molecule has 0 fully saturated rings. The van der Waals surface area contributed by atoms with Crippen molar-refractivity contribution in [3.63, 3.8) is 0 Å². The van der Waals surface area contributed by atoms with Crippen LogP contribution in [0.15, 0.2) is 42.5 Å². The highest BCUT2D eigenvalue weighted by molar-refractivity contribution is 6.31. The van der Waals surface area contributed by atoms with Crippen molar-refractivity contribution in [3.05, 3.63) is 63.8 Å². The minimum absolute atomic E-state index is 0.272. The first-order valence-electron chi connectivity index (χ1n) is 6.32. The van der Waals surface area contributed by atoms with Crippen molar-refractivity contribution < 1.29 is 9.53 Å². The fourth-order valence-electron chi connectivity index (χ4n) is 2.30. The summed E-state index contributed by atoms with van der Waals surface area (Å²) in [6, 6.07) is 11.9. The van der Waals surface area contributed by atoms with Crippen LogP contribution in [0.2, 0.25) is 5.02 Å². The summed E-state index contributed by atoms with van der Waals surface area (Å²) >= 11 is 6.03. The van der Waals surface area contributed by atoms with Gasteiger partial charge in [-0.1, -0.05) is 11.6 Å². The highest BCUT2D eigenvalue weighted by Crippen LogP contribution is 2.26. The van der Waals surface area contributed by atoms with Crippen LogP contribution >= 0.6 is 11.6 Å². The molecule has 3 N–H and O–H groups in total. The van der Waals surface area contributed by atoms with E-state index in [1.807, 2.05) is 0 Å². The summed E-state index contributed by atoms with van der Waals surface area (Å²) in [5.41, 5.74) is 8.51. The lowest BCUT2D eigenvalue weighted by atomic mass is 10.0. The number of fused-ring (bicyclic) bond motifs is 1. The molecule has 5 nitrogen and oxygen atoms in total. The number of amides is 1. The van der Waals surface area contributed by atoms with Crippen molar-refractivity contribution in [2.75, 3.05) is 17.6 Å². The minimum Gasteiger partial charge on any atom is -0.623 e. The van der Waals surface area contributed by atoms with E-state index in [2.05, 4.69) is 5.32 Å². The molecule has 0 aromatic heterocycles. The number of hydrogen-bond donors (Lipinski definition) is 2. The highest BCUT2D eigenvalue weighted by Gasteiger charge is 2.26. The van der Waals surface area contributed by atoms with Gasteiger partial charge in [-0.2, -0.15) is 4.74 Å². The van der Waals surface area contributed by atoms with Crippen LogP contribution in [0, 0.1) is 5.21 Å². The molecule has 1 heterocycles. The second-order valence-corrected chi connectivity index (χ2v) is 5.18. The molecule has 0 saturated carbocycles. The monoisotopic (exact) mass is 301 g/mol. The van der Waals surface area contributed by atoms with Gasteiger partial charge in [0, 0.05) is 16.3 Å². The molecule has 0 radical (unpaired) electrons. The zero-order valence-corrected chi connectivity index (χ0v) is 11.7. The molecule has 21 heavy (non-hydrogen) atoms. The van der Waals surface area contributed by atoms with E-state index < -0.39 is 0 Å². The lowest BCUT2D eigenvalue weighted by molar-refractivity contribution is -0.443. The summed E-state index contributed by atoms with van der Waals surface area (Å²) in [6.45, 7) is -0.272. The Morgan fingerprint density at radius 1 is 1.19 bits per heavy atom. The summed E-state index contributed by atoms with van der Waals surface area (Å²) in [5.74, 6) is -0.362. The Kier molecular flexibility index (Phi) is 3.27. The lowest BCUT2D eigenvalue weighted by Gasteiger charge is -2.10. The SMILES string of the molecule is Nc1ccc(C2=[N+]([O-])CC(=O)Nc3ccc(Cl)cc32)cc1. The first-order chi connectivity index (χ1) is 10.0. The molecule has 2 aromatic rings. The number of nitrogens with two attached hydrogens (primary N) is 1. The molecule has 1 aliphatic rings. The van der Waals surface area contributed by atoms with Crippen molar-refractivity contribution >= 4 is 34.6 Å². The van der Waals surface area contributed by atoms with Crippen LogP contribution in [-0.4, -0.2) is 22.9 Å². The van der Waals surface area contributed by atoms with Crippen LogP contribution in [-0.2, 0) is 4.79 Å². The van der Waals surface area contributed by atoms with Gasteiger partial charge >= 0.3 is 0 Å². The summed E-state index contributed by atoms with van der Waals surface area (Å²) in [7, 11) is 0. The third-order valence-electron chi connectivity index (χ3n) is 3.23. The zero-order chi connectivity index (χ0) is 15.0. The van der Waals surface area contributed by atoms with Gasteiger partial charge in [0.05, 0.1) is 11.3 Å². The number of nitrogens with zero attached hydrogens (tertiary/aromatic N) is 1. The summed E-state index contributed by atoms with van der Waals surface area (Å²) in [5, 5.41) is 15.5. The average molecular weight is 302 g/mol. The number of hydrogen-bond acceptors (Lipinski definition) is 3. The summed E-state index contributed by atoms with van der Waals surface area (Å²) < 4.78 is 0.670. The Labute approximate surface area is 126 Å². The predicted octanol–water partition coefficient (Wildman–Crippen LogP) is 2.22. The number of carbonyl (C=O) groups is 1. The molecule has 1 aliphatic heterocycles. The first kappa shape index (κ1) is 13.5. The Morgan fingerprint density at radius 3 is 2.62 bits per heavy atom. The predicted molar refractivity (Wildman–Crippen MR) is 82.6 cm³/mol. The van der Waals surface area contributed by atoms with Gasteiger partial charge < -0.3 is 16.3 Å². The first-order valence-corrected chi connectivity index (χ1v) is 6.70. The number of halogens is 1. The van der Waals surface area contributed by atoms with Gasteiger partial charge in [0.1, 0.15) is 0 Å². The standard InChI is InChI=1S/C15H12ClN3O2/c16-10-3-6-13-12(7-10)15(19(21)8-14(20)18-13)9-1-4-11(17)5-2-9/h1-7H,8,17H2,(H,18,20). The van der Waals surface area contributed by atoms with E-state index in [1.54, 1.807) is 42.5 Å². The number of carbonyl (C=O) groups excluding carboxylic acids is 1. The van der Waals surface area contributed by atoms with Crippen molar-refractivity contribution in [2.45, 2.75) is 0 Å². The molecule has 0 bridgehead atoms. The summed E-state index contributed by atoms with van der Waals surface area (Å²) in [6.07, 6.45) is 0. The van der Waals surface area contributed by atoms with Gasteiger partial charge in [-0.05, 0) is 42.5 Å². The molecule has 0 saturated heterocycles. The van der Waals surface area contributed by atoms with Crippen molar-refractivity contribution in [1.82, 2.24) is 0 Å². The van der Waals surface area contributed by atoms with Gasteiger partial charge in [-0.3, -0.25) is 4.79 Å². The number of rotatable bonds is 1.